The van der Waals surface area contributed by atoms with Gasteiger partial charge in [0.25, 0.3) is 0 Å². The van der Waals surface area contributed by atoms with E-state index >= 15 is 0 Å². The topological polar surface area (TPSA) is 105 Å². The van der Waals surface area contributed by atoms with Crippen LogP contribution in [0.2, 0.25) is 10.0 Å². The number of nitrogens with two attached hydrogens (primary N) is 2. The fraction of sp³-hybridized carbons (Fsp3) is 0.333. The fourth-order valence-corrected chi connectivity index (χ4v) is 2.35. The average Bonchev–Trinajstić information content (AvgIpc) is 2.33. The van der Waals surface area contributed by atoms with Gasteiger partial charge < -0.3 is 20.9 Å². The van der Waals surface area contributed by atoms with E-state index in [4.69, 9.17) is 44.1 Å². The van der Waals surface area contributed by atoms with E-state index in [0.717, 1.165) is 0 Å². The summed E-state index contributed by atoms with van der Waals surface area (Å²) in [5.74, 6) is 0. The number of hydrogen-bond acceptors (Lipinski definition) is 4. The van der Waals surface area contributed by atoms with E-state index in [0.29, 0.717) is 12.0 Å². The number of benzene rings is 1. The second-order valence-electron chi connectivity index (χ2n) is 3.88. The first-order valence-corrected chi connectivity index (χ1v) is 6.48. The van der Waals surface area contributed by atoms with Crippen molar-refractivity contribution in [2.75, 3.05) is 0 Å². The molecular formula is C12H14Cl2N2O4. The van der Waals surface area contributed by atoms with E-state index in [2.05, 4.69) is 0 Å². The Labute approximate surface area is 125 Å². The molecule has 0 aliphatic carbocycles. The summed E-state index contributed by atoms with van der Waals surface area (Å²) in [7, 11) is 0. The lowest BCUT2D eigenvalue weighted by Crippen LogP contribution is -2.32. The standard InChI is InChI=1S/C12H14Cl2N2O4/c1-2-8(19-11(15)17)10(20-12(16)18)9-6(13)4-3-5-7(9)14/h3-5,8,10H,2H2,1H3,(H2,15,17)(H2,16,18)/t8-,10+/m0/s1. The first-order chi connectivity index (χ1) is 9.36. The molecule has 0 saturated heterocycles. The number of rotatable bonds is 5. The zero-order valence-corrected chi connectivity index (χ0v) is 12.1. The predicted octanol–water partition coefficient (Wildman–Crippen LogP) is 3.00. The fourth-order valence-electron chi connectivity index (χ4n) is 1.74. The predicted molar refractivity (Wildman–Crippen MR) is 74.6 cm³/mol. The van der Waals surface area contributed by atoms with Crippen LogP contribution in [0.15, 0.2) is 18.2 Å². The molecule has 0 unspecified atom stereocenters. The molecule has 0 bridgehead atoms. The van der Waals surface area contributed by atoms with Gasteiger partial charge in [0.15, 0.2) is 6.10 Å². The van der Waals surface area contributed by atoms with Gasteiger partial charge in [0, 0.05) is 15.6 Å². The molecule has 0 heterocycles. The van der Waals surface area contributed by atoms with Crippen LogP contribution in [0.3, 0.4) is 0 Å². The smallest absolute Gasteiger partial charge is 0.405 e. The molecule has 4 N–H and O–H groups in total. The maximum absolute atomic E-state index is 11.1. The molecule has 1 aromatic rings. The minimum atomic E-state index is -1.04. The highest BCUT2D eigenvalue weighted by Gasteiger charge is 2.31. The zero-order chi connectivity index (χ0) is 15.3. The number of ether oxygens (including phenoxy) is 2. The van der Waals surface area contributed by atoms with Crippen molar-refractivity contribution in [2.45, 2.75) is 25.6 Å². The van der Waals surface area contributed by atoms with E-state index in [1.807, 2.05) is 0 Å². The molecule has 0 saturated carbocycles. The monoisotopic (exact) mass is 320 g/mol. The quantitative estimate of drug-likeness (QED) is 0.869. The van der Waals surface area contributed by atoms with Gasteiger partial charge in [-0.3, -0.25) is 0 Å². The lowest BCUT2D eigenvalue weighted by molar-refractivity contribution is -0.00643. The summed E-state index contributed by atoms with van der Waals surface area (Å²) in [6.45, 7) is 1.72. The third-order valence-corrected chi connectivity index (χ3v) is 3.19. The van der Waals surface area contributed by atoms with Gasteiger partial charge in [0.05, 0.1) is 0 Å². The van der Waals surface area contributed by atoms with Crippen molar-refractivity contribution in [3.8, 4) is 0 Å². The van der Waals surface area contributed by atoms with Crippen molar-refractivity contribution in [1.82, 2.24) is 0 Å². The van der Waals surface area contributed by atoms with Crippen LogP contribution in [0, 0.1) is 0 Å². The lowest BCUT2D eigenvalue weighted by atomic mass is 10.0. The van der Waals surface area contributed by atoms with Crippen LogP contribution < -0.4 is 11.5 Å². The second kappa shape index (κ2) is 7.21. The summed E-state index contributed by atoms with van der Waals surface area (Å²) in [5, 5.41) is 0.519. The Balaban J connectivity index is 3.23. The molecular weight excluding hydrogens is 307 g/mol. The van der Waals surface area contributed by atoms with Crippen LogP contribution in [-0.4, -0.2) is 18.3 Å². The van der Waals surface area contributed by atoms with Gasteiger partial charge in [-0.15, -0.1) is 0 Å². The first kappa shape index (κ1) is 16.4. The third kappa shape index (κ3) is 4.18. The Morgan fingerprint density at radius 3 is 2.05 bits per heavy atom. The van der Waals surface area contributed by atoms with Crippen LogP contribution in [-0.2, 0) is 9.47 Å². The minimum Gasteiger partial charge on any atom is -0.442 e. The summed E-state index contributed by atoms with van der Waals surface area (Å²) in [5.41, 5.74) is 10.3. The number of primary amides is 2. The Morgan fingerprint density at radius 2 is 1.65 bits per heavy atom. The SMILES string of the molecule is CC[C@H](OC(N)=O)[C@@H](OC(N)=O)c1c(Cl)cccc1Cl. The molecule has 6 nitrogen and oxygen atoms in total. The van der Waals surface area contributed by atoms with Gasteiger partial charge in [-0.25, -0.2) is 9.59 Å². The van der Waals surface area contributed by atoms with E-state index in [1.54, 1.807) is 25.1 Å². The molecule has 2 atom stereocenters. The van der Waals surface area contributed by atoms with Gasteiger partial charge in [-0.05, 0) is 18.6 Å². The van der Waals surface area contributed by atoms with Crippen molar-refractivity contribution in [2.24, 2.45) is 11.5 Å². The molecule has 1 rings (SSSR count). The van der Waals surface area contributed by atoms with E-state index in [-0.39, 0.29) is 10.0 Å². The molecule has 0 aliphatic heterocycles. The highest BCUT2D eigenvalue weighted by Crippen LogP contribution is 2.36. The Hall–Kier alpha value is -1.66. The van der Waals surface area contributed by atoms with Crippen LogP contribution in [0.1, 0.15) is 25.0 Å². The van der Waals surface area contributed by atoms with Gasteiger partial charge in [0.1, 0.15) is 6.10 Å². The average molecular weight is 321 g/mol. The molecule has 110 valence electrons. The van der Waals surface area contributed by atoms with Crippen LogP contribution in [0.4, 0.5) is 9.59 Å². The van der Waals surface area contributed by atoms with E-state index in [1.165, 1.54) is 0 Å². The van der Waals surface area contributed by atoms with Crippen LogP contribution in [0.25, 0.3) is 0 Å². The minimum absolute atomic E-state index is 0.260. The van der Waals surface area contributed by atoms with Gasteiger partial charge in [0.2, 0.25) is 0 Å². The van der Waals surface area contributed by atoms with Gasteiger partial charge in [-0.2, -0.15) is 0 Å². The Morgan fingerprint density at radius 1 is 1.15 bits per heavy atom. The Kier molecular flexibility index (Phi) is 5.91. The van der Waals surface area contributed by atoms with E-state index < -0.39 is 24.4 Å². The first-order valence-electron chi connectivity index (χ1n) is 5.72. The van der Waals surface area contributed by atoms with Crippen molar-refractivity contribution in [3.05, 3.63) is 33.8 Å². The number of hydrogen-bond donors (Lipinski definition) is 2. The van der Waals surface area contributed by atoms with Crippen molar-refractivity contribution in [3.63, 3.8) is 0 Å². The summed E-state index contributed by atoms with van der Waals surface area (Å²) in [4.78, 5) is 22.0. The van der Waals surface area contributed by atoms with E-state index in [9.17, 15) is 9.59 Å². The van der Waals surface area contributed by atoms with Crippen molar-refractivity contribution < 1.29 is 19.1 Å². The second-order valence-corrected chi connectivity index (χ2v) is 4.69. The maximum Gasteiger partial charge on any atom is 0.405 e. The molecule has 1 aromatic carbocycles. The number of halogens is 2. The Bertz CT molecular complexity index is 490. The highest BCUT2D eigenvalue weighted by atomic mass is 35.5. The molecule has 0 spiro atoms. The molecule has 20 heavy (non-hydrogen) atoms. The third-order valence-electron chi connectivity index (χ3n) is 2.53. The number of amides is 2. The van der Waals surface area contributed by atoms with Crippen molar-refractivity contribution in [1.29, 1.82) is 0 Å². The lowest BCUT2D eigenvalue weighted by Gasteiger charge is -2.26. The molecule has 0 aliphatic rings. The van der Waals surface area contributed by atoms with Crippen molar-refractivity contribution >= 4 is 35.4 Å². The summed E-state index contributed by atoms with van der Waals surface area (Å²) in [6, 6.07) is 4.76. The van der Waals surface area contributed by atoms with Crippen LogP contribution in [0.5, 0.6) is 0 Å². The normalized spacial score (nSPS) is 13.3. The summed E-state index contributed by atoms with van der Waals surface area (Å²) >= 11 is 12.1. The summed E-state index contributed by atoms with van der Waals surface area (Å²) < 4.78 is 9.90. The zero-order valence-electron chi connectivity index (χ0n) is 10.6. The maximum atomic E-state index is 11.1. The molecule has 0 fully saturated rings. The van der Waals surface area contributed by atoms with Gasteiger partial charge in [-0.1, -0.05) is 36.2 Å². The molecule has 0 radical (unpaired) electrons. The molecule has 2 amide bonds. The number of carbonyl (C=O) groups is 2. The molecule has 8 heteroatoms. The highest BCUT2D eigenvalue weighted by molar-refractivity contribution is 6.36. The van der Waals surface area contributed by atoms with Gasteiger partial charge >= 0.3 is 12.2 Å². The molecule has 0 aromatic heterocycles. The largest absolute Gasteiger partial charge is 0.442 e. The number of carbonyl (C=O) groups excluding carboxylic acids is 2. The van der Waals surface area contributed by atoms with Crippen LogP contribution >= 0.6 is 23.2 Å². The summed E-state index contributed by atoms with van der Waals surface area (Å²) in [6.07, 6.45) is -3.61.